The zero-order valence-corrected chi connectivity index (χ0v) is 15.3. The van der Waals surface area contributed by atoms with Crippen molar-refractivity contribution < 1.29 is 18.1 Å². The SMILES string of the molecule is Cc1c(N(CC(=O)N[C@@H](C)C(C)C)S(C)(=O)=O)cccc1[N+](=O)[O-]. The molecule has 0 aliphatic rings. The average molecular weight is 357 g/mol. The number of nitro groups is 1. The molecule has 9 heteroatoms. The van der Waals surface area contributed by atoms with E-state index in [1.807, 2.05) is 20.8 Å². The van der Waals surface area contributed by atoms with Gasteiger partial charge in [-0.2, -0.15) is 0 Å². The van der Waals surface area contributed by atoms with Gasteiger partial charge in [0, 0.05) is 12.1 Å². The second-order valence-electron chi connectivity index (χ2n) is 6.05. The number of hydrogen-bond acceptors (Lipinski definition) is 5. The number of nitro benzene ring substituents is 1. The Hall–Kier alpha value is -2.16. The topological polar surface area (TPSA) is 110 Å². The predicted molar refractivity (Wildman–Crippen MR) is 92.5 cm³/mol. The van der Waals surface area contributed by atoms with Crippen molar-refractivity contribution >= 4 is 27.3 Å². The molecule has 0 aromatic heterocycles. The Balaban J connectivity index is 3.20. The minimum Gasteiger partial charge on any atom is -0.352 e. The van der Waals surface area contributed by atoms with Crippen LogP contribution in [0.25, 0.3) is 0 Å². The van der Waals surface area contributed by atoms with Crippen molar-refractivity contribution in [3.63, 3.8) is 0 Å². The van der Waals surface area contributed by atoms with E-state index in [1.165, 1.54) is 25.1 Å². The van der Waals surface area contributed by atoms with Gasteiger partial charge in [-0.15, -0.1) is 0 Å². The molecule has 8 nitrogen and oxygen atoms in total. The summed E-state index contributed by atoms with van der Waals surface area (Å²) in [7, 11) is -3.78. The number of carbonyl (C=O) groups is 1. The van der Waals surface area contributed by atoms with E-state index in [2.05, 4.69) is 5.32 Å². The van der Waals surface area contributed by atoms with E-state index in [9.17, 15) is 23.3 Å². The van der Waals surface area contributed by atoms with Crippen LogP contribution in [0.5, 0.6) is 0 Å². The summed E-state index contributed by atoms with van der Waals surface area (Å²) in [5.74, 6) is -0.271. The summed E-state index contributed by atoms with van der Waals surface area (Å²) in [4.78, 5) is 22.6. The maximum Gasteiger partial charge on any atom is 0.274 e. The first-order valence-corrected chi connectivity index (χ1v) is 9.31. The van der Waals surface area contributed by atoms with Crippen LogP contribution in [0.4, 0.5) is 11.4 Å². The molecule has 0 unspecified atom stereocenters. The summed E-state index contributed by atoms with van der Waals surface area (Å²) in [5.41, 5.74) is 0.119. The summed E-state index contributed by atoms with van der Waals surface area (Å²) < 4.78 is 25.1. The Morgan fingerprint density at radius 1 is 1.33 bits per heavy atom. The Bertz CT molecular complexity index is 731. The van der Waals surface area contributed by atoms with E-state index in [-0.39, 0.29) is 28.9 Å². The third-order valence-electron chi connectivity index (χ3n) is 3.82. The minimum atomic E-state index is -3.78. The maximum absolute atomic E-state index is 12.2. The van der Waals surface area contributed by atoms with Gasteiger partial charge in [0.15, 0.2) is 0 Å². The third-order valence-corrected chi connectivity index (χ3v) is 4.94. The van der Waals surface area contributed by atoms with E-state index in [0.29, 0.717) is 0 Å². The molecule has 0 radical (unpaired) electrons. The number of nitrogens with zero attached hydrogens (tertiary/aromatic N) is 2. The molecule has 1 rings (SSSR count). The van der Waals surface area contributed by atoms with Crippen LogP contribution in [-0.2, 0) is 14.8 Å². The van der Waals surface area contributed by atoms with Crippen LogP contribution in [-0.4, -0.2) is 38.1 Å². The summed E-state index contributed by atoms with van der Waals surface area (Å²) in [6.07, 6.45) is 0.963. The molecule has 0 aliphatic carbocycles. The number of nitrogens with one attached hydrogen (secondary N) is 1. The summed E-state index contributed by atoms with van der Waals surface area (Å²) >= 11 is 0. The lowest BCUT2D eigenvalue weighted by Gasteiger charge is -2.25. The molecule has 0 fully saturated rings. The van der Waals surface area contributed by atoms with Gasteiger partial charge in [0.2, 0.25) is 15.9 Å². The van der Waals surface area contributed by atoms with Gasteiger partial charge in [0.05, 0.1) is 22.4 Å². The highest BCUT2D eigenvalue weighted by Crippen LogP contribution is 2.29. The van der Waals surface area contributed by atoms with Crippen LogP contribution in [0, 0.1) is 23.0 Å². The third kappa shape index (κ3) is 4.92. The Morgan fingerprint density at radius 2 is 1.92 bits per heavy atom. The van der Waals surface area contributed by atoms with Crippen molar-refractivity contribution in [2.24, 2.45) is 5.92 Å². The molecule has 0 saturated heterocycles. The fraction of sp³-hybridized carbons (Fsp3) is 0.533. The number of hydrogen-bond donors (Lipinski definition) is 1. The molecule has 0 aliphatic heterocycles. The van der Waals surface area contributed by atoms with Gasteiger partial charge in [-0.25, -0.2) is 8.42 Å². The molecular weight excluding hydrogens is 334 g/mol. The lowest BCUT2D eigenvalue weighted by molar-refractivity contribution is -0.385. The Kier molecular flexibility index (Phi) is 6.30. The molecule has 0 spiro atoms. The van der Waals surface area contributed by atoms with Crippen molar-refractivity contribution in [2.45, 2.75) is 33.7 Å². The zero-order valence-electron chi connectivity index (χ0n) is 14.4. The molecule has 24 heavy (non-hydrogen) atoms. The molecule has 134 valence electrons. The van der Waals surface area contributed by atoms with Crippen LogP contribution in [0.1, 0.15) is 26.3 Å². The average Bonchev–Trinajstić information content (AvgIpc) is 2.43. The van der Waals surface area contributed by atoms with Crippen molar-refractivity contribution in [1.29, 1.82) is 0 Å². The number of sulfonamides is 1. The highest BCUT2D eigenvalue weighted by molar-refractivity contribution is 7.92. The molecule has 1 aromatic carbocycles. The monoisotopic (exact) mass is 357 g/mol. The molecule has 1 amide bonds. The molecule has 1 atom stereocenters. The fourth-order valence-electron chi connectivity index (χ4n) is 2.06. The molecule has 0 saturated carbocycles. The van der Waals surface area contributed by atoms with Gasteiger partial charge in [0.1, 0.15) is 6.54 Å². The molecule has 0 bridgehead atoms. The standard InChI is InChI=1S/C15H23N3O5S/c1-10(2)12(4)16-15(19)9-17(24(5,22)23)13-7-6-8-14(11(13)3)18(20)21/h6-8,10,12H,9H2,1-5H3,(H,16,19)/t12-/m0/s1. The van der Waals surface area contributed by atoms with E-state index in [0.717, 1.165) is 10.6 Å². The van der Waals surface area contributed by atoms with Gasteiger partial charge in [-0.05, 0) is 25.8 Å². The van der Waals surface area contributed by atoms with Crippen molar-refractivity contribution in [1.82, 2.24) is 5.32 Å². The van der Waals surface area contributed by atoms with E-state index >= 15 is 0 Å². The zero-order chi connectivity index (χ0) is 18.7. The highest BCUT2D eigenvalue weighted by atomic mass is 32.2. The van der Waals surface area contributed by atoms with Gasteiger partial charge in [0.25, 0.3) is 5.69 Å². The quantitative estimate of drug-likeness (QED) is 0.591. The van der Waals surface area contributed by atoms with Crippen LogP contribution in [0.15, 0.2) is 18.2 Å². The first-order valence-electron chi connectivity index (χ1n) is 7.46. The Labute approximate surface area is 142 Å². The second-order valence-corrected chi connectivity index (χ2v) is 7.96. The smallest absolute Gasteiger partial charge is 0.274 e. The van der Waals surface area contributed by atoms with Crippen molar-refractivity contribution in [2.75, 3.05) is 17.1 Å². The van der Waals surface area contributed by atoms with Crippen molar-refractivity contribution in [3.8, 4) is 0 Å². The summed E-state index contributed by atoms with van der Waals surface area (Å²) in [5, 5.41) is 13.8. The van der Waals surface area contributed by atoms with E-state index < -0.39 is 27.4 Å². The minimum absolute atomic E-state index is 0.120. The number of benzene rings is 1. The second kappa shape index (κ2) is 7.61. The Morgan fingerprint density at radius 3 is 2.38 bits per heavy atom. The largest absolute Gasteiger partial charge is 0.352 e. The van der Waals surface area contributed by atoms with Gasteiger partial charge >= 0.3 is 0 Å². The van der Waals surface area contributed by atoms with Crippen molar-refractivity contribution in [3.05, 3.63) is 33.9 Å². The summed E-state index contributed by atoms with van der Waals surface area (Å²) in [6.45, 7) is 6.72. The number of carbonyl (C=O) groups excluding carboxylic acids is 1. The van der Waals surface area contributed by atoms with Crippen LogP contribution in [0.3, 0.4) is 0 Å². The molecule has 0 heterocycles. The number of amides is 1. The number of rotatable bonds is 7. The van der Waals surface area contributed by atoms with Gasteiger partial charge in [-0.1, -0.05) is 19.9 Å². The normalized spacial score (nSPS) is 12.8. The lowest BCUT2D eigenvalue weighted by atomic mass is 10.1. The maximum atomic E-state index is 12.2. The van der Waals surface area contributed by atoms with E-state index in [4.69, 9.17) is 0 Å². The van der Waals surface area contributed by atoms with Crippen LogP contribution >= 0.6 is 0 Å². The fourth-order valence-corrected chi connectivity index (χ4v) is 2.96. The summed E-state index contributed by atoms with van der Waals surface area (Å²) in [6, 6.07) is 4.01. The van der Waals surface area contributed by atoms with Gasteiger partial charge < -0.3 is 5.32 Å². The lowest BCUT2D eigenvalue weighted by Crippen LogP contribution is -2.44. The van der Waals surface area contributed by atoms with Gasteiger partial charge in [-0.3, -0.25) is 19.2 Å². The first-order chi connectivity index (χ1) is 10.9. The first kappa shape index (κ1) is 19.9. The molecule has 1 N–H and O–H groups in total. The van der Waals surface area contributed by atoms with Crippen LogP contribution in [0.2, 0.25) is 0 Å². The highest BCUT2D eigenvalue weighted by Gasteiger charge is 2.26. The predicted octanol–water partition coefficient (Wildman–Crippen LogP) is 1.83. The van der Waals surface area contributed by atoms with E-state index in [1.54, 1.807) is 0 Å². The number of anilines is 1. The molecular formula is C15H23N3O5S. The van der Waals surface area contributed by atoms with Crippen LogP contribution < -0.4 is 9.62 Å². The molecule has 1 aromatic rings.